The fourth-order valence-electron chi connectivity index (χ4n) is 3.24. The molecule has 25 heavy (non-hydrogen) atoms. The molecule has 3 N–H and O–H groups in total. The molecule has 0 amide bonds. The van der Waals surface area contributed by atoms with Crippen molar-refractivity contribution in [1.29, 1.82) is 0 Å². The largest absolute Gasteiger partial charge is 0.387 e. The minimum absolute atomic E-state index is 0.00881. The number of hydrogen-bond acceptors (Lipinski definition) is 4. The van der Waals surface area contributed by atoms with Gasteiger partial charge in [0, 0.05) is 17.8 Å². The summed E-state index contributed by atoms with van der Waals surface area (Å²) >= 11 is 0. The minimum Gasteiger partial charge on any atom is -0.387 e. The first kappa shape index (κ1) is 17.8. The lowest BCUT2D eigenvalue weighted by Crippen LogP contribution is -2.30. The maximum Gasteiger partial charge on any atom is 0.229 e. The van der Waals surface area contributed by atoms with Crippen LogP contribution in [0.3, 0.4) is 0 Å². The van der Waals surface area contributed by atoms with Crippen LogP contribution in [0.25, 0.3) is 0 Å². The van der Waals surface area contributed by atoms with Gasteiger partial charge in [0.2, 0.25) is 10.0 Å². The molecule has 0 spiro atoms. The molecule has 1 heterocycles. The maximum absolute atomic E-state index is 13.3. The predicted molar refractivity (Wildman–Crippen MR) is 95.2 cm³/mol. The van der Waals surface area contributed by atoms with Gasteiger partial charge in [-0.2, -0.15) is 0 Å². The van der Waals surface area contributed by atoms with Crippen molar-refractivity contribution in [3.05, 3.63) is 65.5 Å². The molecule has 2 aromatic rings. The molecule has 1 aliphatic heterocycles. The van der Waals surface area contributed by atoms with E-state index in [0.29, 0.717) is 11.3 Å². The molecule has 1 saturated heterocycles. The number of benzene rings is 2. The van der Waals surface area contributed by atoms with Crippen molar-refractivity contribution in [2.24, 2.45) is 0 Å². The molecule has 0 aromatic heterocycles. The maximum atomic E-state index is 13.3. The Morgan fingerprint density at radius 1 is 1.20 bits per heavy atom. The van der Waals surface area contributed by atoms with E-state index in [0.717, 1.165) is 24.7 Å². The van der Waals surface area contributed by atoms with E-state index in [1.165, 1.54) is 12.1 Å². The minimum atomic E-state index is -3.33. The predicted octanol–water partition coefficient (Wildman–Crippen LogP) is 2.72. The Morgan fingerprint density at radius 2 is 1.96 bits per heavy atom. The smallest absolute Gasteiger partial charge is 0.229 e. The number of nitrogens with one attached hydrogen (secondary N) is 2. The zero-order chi connectivity index (χ0) is 18.0. The number of hydrogen-bond donors (Lipinski definition) is 3. The van der Waals surface area contributed by atoms with E-state index in [9.17, 15) is 17.9 Å². The Morgan fingerprint density at radius 3 is 2.68 bits per heavy atom. The number of halogens is 1. The van der Waals surface area contributed by atoms with E-state index in [1.807, 2.05) is 6.07 Å². The van der Waals surface area contributed by atoms with Crippen LogP contribution in [0.4, 0.5) is 10.1 Å². The van der Waals surface area contributed by atoms with E-state index in [1.54, 1.807) is 30.3 Å². The average molecular weight is 364 g/mol. The summed E-state index contributed by atoms with van der Waals surface area (Å²) in [6.07, 6.45) is 1.86. The first-order valence-corrected chi connectivity index (χ1v) is 9.98. The highest BCUT2D eigenvalue weighted by molar-refractivity contribution is 7.92. The topological polar surface area (TPSA) is 78.4 Å². The highest BCUT2D eigenvalue weighted by atomic mass is 32.2. The molecule has 1 aliphatic rings. The third-order valence-electron chi connectivity index (χ3n) is 4.35. The summed E-state index contributed by atoms with van der Waals surface area (Å²) in [5.41, 5.74) is 2.00. The molecule has 0 unspecified atom stereocenters. The molecular formula is C18H21FN2O3S. The van der Waals surface area contributed by atoms with Crippen LogP contribution in [0.2, 0.25) is 0 Å². The van der Waals surface area contributed by atoms with Gasteiger partial charge in [0.05, 0.1) is 12.4 Å². The normalized spacial score (nSPS) is 21.9. The van der Waals surface area contributed by atoms with Gasteiger partial charge < -0.3 is 10.4 Å². The Kier molecular flexibility index (Phi) is 5.08. The second-order valence-corrected chi connectivity index (χ2v) is 8.15. The highest BCUT2D eigenvalue weighted by Gasteiger charge is 2.31. The molecule has 0 saturated carbocycles. The number of aliphatic hydroxyl groups excluding tert-OH is 1. The number of sulfonamides is 1. The molecule has 3 atom stereocenters. The monoisotopic (exact) mass is 364 g/mol. The van der Waals surface area contributed by atoms with Crippen molar-refractivity contribution in [1.82, 2.24) is 5.32 Å². The van der Waals surface area contributed by atoms with Gasteiger partial charge in [-0.1, -0.05) is 24.3 Å². The molecule has 5 nitrogen and oxygen atoms in total. The summed E-state index contributed by atoms with van der Waals surface area (Å²) in [6.45, 7) is 0. The Bertz CT molecular complexity index is 857. The fourth-order valence-corrected chi connectivity index (χ4v) is 3.79. The van der Waals surface area contributed by atoms with E-state index in [-0.39, 0.29) is 17.9 Å². The van der Waals surface area contributed by atoms with Crippen LogP contribution in [0, 0.1) is 5.82 Å². The van der Waals surface area contributed by atoms with Crippen LogP contribution in [0.1, 0.15) is 36.1 Å². The van der Waals surface area contributed by atoms with Crippen molar-refractivity contribution in [3.63, 3.8) is 0 Å². The second-order valence-electron chi connectivity index (χ2n) is 6.40. The lowest BCUT2D eigenvalue weighted by Gasteiger charge is -2.21. The summed E-state index contributed by atoms with van der Waals surface area (Å²) < 4.78 is 38.5. The van der Waals surface area contributed by atoms with Crippen LogP contribution in [0.15, 0.2) is 48.5 Å². The summed E-state index contributed by atoms with van der Waals surface area (Å²) in [5.74, 6) is -0.370. The lowest BCUT2D eigenvalue weighted by atomic mass is 10.0. The quantitative estimate of drug-likeness (QED) is 0.762. The number of anilines is 1. The van der Waals surface area contributed by atoms with E-state index >= 15 is 0 Å². The van der Waals surface area contributed by atoms with E-state index in [4.69, 9.17) is 0 Å². The fraction of sp³-hybridized carbons (Fsp3) is 0.333. The molecule has 1 fully saturated rings. The lowest BCUT2D eigenvalue weighted by molar-refractivity contribution is 0.135. The van der Waals surface area contributed by atoms with E-state index < -0.39 is 16.1 Å². The zero-order valence-corrected chi connectivity index (χ0v) is 14.6. The summed E-state index contributed by atoms with van der Waals surface area (Å²) in [7, 11) is -3.33. The highest BCUT2D eigenvalue weighted by Crippen LogP contribution is 2.33. The molecular weight excluding hydrogens is 343 g/mol. The molecule has 3 rings (SSSR count). The van der Waals surface area contributed by atoms with E-state index in [2.05, 4.69) is 10.0 Å². The molecule has 0 bridgehead atoms. The summed E-state index contributed by atoms with van der Waals surface area (Å²) in [6, 6.07) is 13.0. The van der Waals surface area contributed by atoms with Gasteiger partial charge in [0.15, 0.2) is 0 Å². The van der Waals surface area contributed by atoms with Crippen LogP contribution < -0.4 is 10.0 Å². The second kappa shape index (κ2) is 7.11. The van der Waals surface area contributed by atoms with Crippen molar-refractivity contribution >= 4 is 15.7 Å². The van der Waals surface area contributed by atoms with Crippen molar-refractivity contribution in [2.75, 3.05) is 11.0 Å². The van der Waals surface area contributed by atoms with Crippen molar-refractivity contribution in [3.8, 4) is 0 Å². The average Bonchev–Trinajstić information content (AvgIpc) is 3.03. The van der Waals surface area contributed by atoms with Crippen LogP contribution in [0.5, 0.6) is 0 Å². The van der Waals surface area contributed by atoms with Gasteiger partial charge in [-0.3, -0.25) is 4.72 Å². The standard InChI is InChI=1S/C18H21FN2O3S/c1-25(23,24)21-15-7-3-4-12(11-15)16-8-9-17(20-16)18(22)13-5-2-6-14(19)10-13/h2-7,10-11,16-18,20-22H,8-9H2,1H3/t16-,17-,18+/m1/s1. The third-order valence-corrected chi connectivity index (χ3v) is 4.95. The van der Waals surface area contributed by atoms with Gasteiger partial charge in [0.25, 0.3) is 0 Å². The first-order chi connectivity index (χ1) is 11.8. The Balaban J connectivity index is 1.71. The first-order valence-electron chi connectivity index (χ1n) is 8.09. The number of aliphatic hydroxyl groups is 1. The molecule has 2 aromatic carbocycles. The van der Waals surface area contributed by atoms with Crippen molar-refractivity contribution < 1.29 is 17.9 Å². The summed E-state index contributed by atoms with van der Waals surface area (Å²) in [4.78, 5) is 0. The van der Waals surface area contributed by atoms with Gasteiger partial charge >= 0.3 is 0 Å². The molecule has 0 radical (unpaired) electrons. The Hall–Kier alpha value is -1.96. The molecule has 0 aliphatic carbocycles. The number of rotatable bonds is 5. The molecule has 134 valence electrons. The summed E-state index contributed by atoms with van der Waals surface area (Å²) in [5, 5.41) is 13.9. The van der Waals surface area contributed by atoms with Gasteiger partial charge in [-0.05, 0) is 48.2 Å². The van der Waals surface area contributed by atoms with Crippen molar-refractivity contribution in [2.45, 2.75) is 31.0 Å². The zero-order valence-electron chi connectivity index (χ0n) is 13.8. The Labute approximate surface area is 146 Å². The SMILES string of the molecule is CS(=O)(=O)Nc1cccc([C@H]2CC[C@H]([C@@H](O)c3cccc(F)c3)N2)c1. The van der Waals surface area contributed by atoms with Gasteiger partial charge in [-0.25, -0.2) is 12.8 Å². The van der Waals surface area contributed by atoms with Crippen LogP contribution in [-0.4, -0.2) is 25.8 Å². The third kappa shape index (κ3) is 4.56. The van der Waals surface area contributed by atoms with Gasteiger partial charge in [-0.15, -0.1) is 0 Å². The van der Waals surface area contributed by atoms with Gasteiger partial charge in [0.1, 0.15) is 5.82 Å². The molecule has 7 heteroatoms. The van der Waals surface area contributed by atoms with Crippen LogP contribution >= 0.6 is 0 Å². The van der Waals surface area contributed by atoms with Crippen LogP contribution in [-0.2, 0) is 10.0 Å².